The molecule has 0 amide bonds. The van der Waals surface area contributed by atoms with Crippen LogP contribution in [0.1, 0.15) is 45.4 Å². The van der Waals surface area contributed by atoms with E-state index in [4.69, 9.17) is 4.74 Å². The van der Waals surface area contributed by atoms with E-state index in [1.165, 1.54) is 4.31 Å². The van der Waals surface area contributed by atoms with Crippen molar-refractivity contribution in [2.75, 3.05) is 20.2 Å². The van der Waals surface area contributed by atoms with Crippen LogP contribution >= 0.6 is 0 Å². The normalized spacial score (nSPS) is 17.9. The van der Waals surface area contributed by atoms with Gasteiger partial charge in [-0.3, -0.25) is 4.79 Å². The average Bonchev–Trinajstić information content (AvgIpc) is 2.37. The van der Waals surface area contributed by atoms with E-state index < -0.39 is 10.0 Å². The lowest BCUT2D eigenvalue weighted by Crippen LogP contribution is -2.38. The van der Waals surface area contributed by atoms with Crippen LogP contribution in [0.4, 0.5) is 0 Å². The highest BCUT2D eigenvalue weighted by Crippen LogP contribution is 2.25. The van der Waals surface area contributed by atoms with E-state index in [9.17, 15) is 13.2 Å². The summed E-state index contributed by atoms with van der Waals surface area (Å²) in [6, 6.07) is 0. The van der Waals surface area contributed by atoms with Crippen LogP contribution in [0.25, 0.3) is 0 Å². The molecule has 0 atom stereocenters. The van der Waals surface area contributed by atoms with Gasteiger partial charge in [-0.25, -0.2) is 12.7 Å². The molecule has 0 aliphatic heterocycles. The number of carbonyl (C=O) groups excluding carboxylic acids is 1. The molecule has 0 aromatic heterocycles. The fourth-order valence-electron chi connectivity index (χ4n) is 2.23. The molecule has 1 aliphatic carbocycles. The fraction of sp³-hybridized carbons (Fsp3) is 0.917. The van der Waals surface area contributed by atoms with Crippen LogP contribution in [-0.4, -0.2) is 44.1 Å². The van der Waals surface area contributed by atoms with Crippen LogP contribution in [0.2, 0.25) is 0 Å². The predicted octanol–water partition coefficient (Wildman–Crippen LogP) is 1.53. The fourth-order valence-corrected chi connectivity index (χ4v) is 4.01. The second kappa shape index (κ2) is 7.09. The van der Waals surface area contributed by atoms with Gasteiger partial charge in [0.15, 0.2) is 0 Å². The van der Waals surface area contributed by atoms with Gasteiger partial charge in [-0.2, -0.15) is 0 Å². The second-order valence-corrected chi connectivity index (χ2v) is 7.00. The van der Waals surface area contributed by atoms with Crippen molar-refractivity contribution in [2.24, 2.45) is 0 Å². The number of esters is 1. The second-order valence-electron chi connectivity index (χ2n) is 4.68. The van der Waals surface area contributed by atoms with Crippen LogP contribution in [0.3, 0.4) is 0 Å². The Labute approximate surface area is 110 Å². The molecule has 0 heterocycles. The van der Waals surface area contributed by atoms with Crippen molar-refractivity contribution in [2.45, 2.75) is 50.7 Å². The summed E-state index contributed by atoms with van der Waals surface area (Å²) >= 11 is 0. The maximum atomic E-state index is 12.2. The minimum Gasteiger partial charge on any atom is -0.466 e. The Morgan fingerprint density at radius 3 is 2.44 bits per heavy atom. The third-order valence-electron chi connectivity index (χ3n) is 3.34. The average molecular weight is 277 g/mol. The lowest BCUT2D eigenvalue weighted by molar-refractivity contribution is -0.143. The van der Waals surface area contributed by atoms with E-state index in [2.05, 4.69) is 0 Å². The molecule has 1 fully saturated rings. The predicted molar refractivity (Wildman–Crippen MR) is 69.7 cm³/mol. The molecular weight excluding hydrogens is 254 g/mol. The Morgan fingerprint density at radius 2 is 1.89 bits per heavy atom. The lowest BCUT2D eigenvalue weighted by Gasteiger charge is -2.26. The Morgan fingerprint density at radius 1 is 1.28 bits per heavy atom. The number of hydrogen-bond donors (Lipinski definition) is 0. The molecule has 0 aromatic carbocycles. The summed E-state index contributed by atoms with van der Waals surface area (Å²) in [5.74, 6) is -0.344. The summed E-state index contributed by atoms with van der Waals surface area (Å²) in [5, 5.41) is -0.265. The van der Waals surface area contributed by atoms with Crippen LogP contribution in [0.15, 0.2) is 0 Å². The zero-order valence-electron chi connectivity index (χ0n) is 11.2. The quantitative estimate of drug-likeness (QED) is 0.691. The van der Waals surface area contributed by atoms with Gasteiger partial charge < -0.3 is 4.74 Å². The highest BCUT2D eigenvalue weighted by Gasteiger charge is 2.30. The molecule has 0 saturated heterocycles. The van der Waals surface area contributed by atoms with Crippen molar-refractivity contribution >= 4 is 16.0 Å². The summed E-state index contributed by atoms with van der Waals surface area (Å²) in [5.41, 5.74) is 0. The lowest BCUT2D eigenvalue weighted by atomic mass is 10.0. The van der Waals surface area contributed by atoms with Crippen LogP contribution in [0, 0.1) is 0 Å². The molecular formula is C12H23NO4S. The third kappa shape index (κ3) is 4.24. The van der Waals surface area contributed by atoms with Crippen molar-refractivity contribution in [3.05, 3.63) is 0 Å². The maximum Gasteiger partial charge on any atom is 0.307 e. The van der Waals surface area contributed by atoms with E-state index in [1.54, 1.807) is 14.0 Å². The Bertz CT molecular complexity index is 360. The zero-order chi connectivity index (χ0) is 13.6. The van der Waals surface area contributed by atoms with E-state index in [0.29, 0.717) is 6.61 Å². The van der Waals surface area contributed by atoms with Crippen LogP contribution < -0.4 is 0 Å². The van der Waals surface area contributed by atoms with E-state index in [1.807, 2.05) is 0 Å². The van der Waals surface area contributed by atoms with Gasteiger partial charge in [0.25, 0.3) is 0 Å². The first-order valence-corrected chi connectivity index (χ1v) is 8.09. The van der Waals surface area contributed by atoms with Crippen molar-refractivity contribution in [1.82, 2.24) is 4.31 Å². The Kier molecular flexibility index (Phi) is 6.08. The van der Waals surface area contributed by atoms with Gasteiger partial charge >= 0.3 is 5.97 Å². The van der Waals surface area contributed by atoms with E-state index in [0.717, 1.165) is 32.1 Å². The maximum absolute atomic E-state index is 12.2. The first kappa shape index (κ1) is 15.4. The third-order valence-corrected chi connectivity index (χ3v) is 5.71. The summed E-state index contributed by atoms with van der Waals surface area (Å²) in [4.78, 5) is 11.2. The van der Waals surface area contributed by atoms with Crippen molar-refractivity contribution in [1.29, 1.82) is 0 Å². The Hall–Kier alpha value is -0.620. The summed E-state index contributed by atoms with van der Waals surface area (Å²) in [6.07, 6.45) is 4.69. The molecule has 106 valence electrons. The van der Waals surface area contributed by atoms with Crippen molar-refractivity contribution in [3.63, 3.8) is 0 Å². The van der Waals surface area contributed by atoms with Gasteiger partial charge in [-0.1, -0.05) is 19.3 Å². The number of hydrogen-bond acceptors (Lipinski definition) is 4. The molecule has 18 heavy (non-hydrogen) atoms. The first-order valence-electron chi connectivity index (χ1n) is 6.59. The minimum atomic E-state index is -3.25. The molecule has 1 rings (SSSR count). The molecule has 0 radical (unpaired) electrons. The molecule has 1 saturated carbocycles. The van der Waals surface area contributed by atoms with E-state index in [-0.39, 0.29) is 24.2 Å². The molecule has 0 bridgehead atoms. The van der Waals surface area contributed by atoms with Crippen LogP contribution in [0.5, 0.6) is 0 Å². The summed E-state index contributed by atoms with van der Waals surface area (Å²) in [6.45, 7) is 2.27. The number of rotatable bonds is 6. The van der Waals surface area contributed by atoms with Gasteiger partial charge in [0.05, 0.1) is 18.3 Å². The van der Waals surface area contributed by atoms with Crippen LogP contribution in [-0.2, 0) is 19.6 Å². The molecule has 0 unspecified atom stereocenters. The summed E-state index contributed by atoms with van der Waals surface area (Å²) < 4.78 is 30.6. The largest absolute Gasteiger partial charge is 0.466 e. The molecule has 0 spiro atoms. The molecule has 6 heteroatoms. The van der Waals surface area contributed by atoms with Gasteiger partial charge in [0.2, 0.25) is 10.0 Å². The van der Waals surface area contributed by atoms with Gasteiger partial charge in [0.1, 0.15) is 0 Å². The topological polar surface area (TPSA) is 63.7 Å². The number of ether oxygens (including phenoxy) is 1. The van der Waals surface area contributed by atoms with Gasteiger partial charge in [0, 0.05) is 13.6 Å². The molecule has 5 nitrogen and oxygen atoms in total. The molecule has 0 aromatic rings. The zero-order valence-corrected chi connectivity index (χ0v) is 12.0. The highest BCUT2D eigenvalue weighted by atomic mass is 32.2. The summed E-state index contributed by atoms with van der Waals surface area (Å²) in [7, 11) is -1.70. The minimum absolute atomic E-state index is 0.121. The number of sulfonamides is 1. The molecule has 1 aliphatic rings. The van der Waals surface area contributed by atoms with Gasteiger partial charge in [-0.05, 0) is 19.8 Å². The first-order chi connectivity index (χ1) is 8.48. The molecule has 0 N–H and O–H groups in total. The standard InChI is InChI=1S/C12H23NO4S/c1-3-17-12(14)9-10-13(2)18(15,16)11-7-5-4-6-8-11/h11H,3-10H2,1-2H3. The Balaban J connectivity index is 2.48. The number of nitrogens with zero attached hydrogens (tertiary/aromatic N) is 1. The monoisotopic (exact) mass is 277 g/mol. The number of carbonyl (C=O) groups is 1. The smallest absolute Gasteiger partial charge is 0.307 e. The highest BCUT2D eigenvalue weighted by molar-refractivity contribution is 7.89. The van der Waals surface area contributed by atoms with E-state index >= 15 is 0 Å². The SMILES string of the molecule is CCOC(=O)CCN(C)S(=O)(=O)C1CCCCC1. The van der Waals surface area contributed by atoms with Gasteiger partial charge in [-0.15, -0.1) is 0 Å². The van der Waals surface area contributed by atoms with Crippen molar-refractivity contribution < 1.29 is 17.9 Å². The van der Waals surface area contributed by atoms with Crippen molar-refractivity contribution in [3.8, 4) is 0 Å².